The molecule has 4 nitrogen and oxygen atoms in total. The van der Waals surface area contributed by atoms with E-state index in [2.05, 4.69) is 15.9 Å². The molecule has 2 rings (SSSR count). The number of benzene rings is 1. The van der Waals surface area contributed by atoms with Crippen LogP contribution in [0.3, 0.4) is 0 Å². The second-order valence-corrected chi connectivity index (χ2v) is 3.64. The van der Waals surface area contributed by atoms with Crippen molar-refractivity contribution in [2.45, 2.75) is 6.10 Å². The average Bonchev–Trinajstić information content (AvgIpc) is 2.87. The average molecular weight is 244 g/mol. The molecule has 1 unspecified atom stereocenters. The van der Waals surface area contributed by atoms with Crippen molar-refractivity contribution < 1.29 is 9.66 Å². The summed E-state index contributed by atoms with van der Waals surface area (Å²) in [6.07, 6.45) is 0.0619. The molecule has 0 aliphatic carbocycles. The second kappa shape index (κ2) is 3.08. The molecule has 0 amide bonds. The minimum absolute atomic E-state index is 0.0619. The van der Waals surface area contributed by atoms with Crippen LogP contribution in [0.1, 0.15) is 11.7 Å². The predicted octanol–water partition coefficient (Wildman–Crippen LogP) is 2.43. The Morgan fingerprint density at radius 1 is 1.62 bits per heavy atom. The van der Waals surface area contributed by atoms with E-state index in [0.717, 1.165) is 5.56 Å². The zero-order valence-electron chi connectivity index (χ0n) is 6.57. The molecule has 13 heavy (non-hydrogen) atoms. The maximum Gasteiger partial charge on any atom is 0.283 e. The lowest BCUT2D eigenvalue weighted by molar-refractivity contribution is -0.385. The van der Waals surface area contributed by atoms with E-state index in [4.69, 9.17) is 4.74 Å². The van der Waals surface area contributed by atoms with Crippen LogP contribution >= 0.6 is 15.9 Å². The van der Waals surface area contributed by atoms with E-state index in [1.54, 1.807) is 12.1 Å². The molecule has 0 spiro atoms. The molecule has 1 aromatic carbocycles. The number of halogens is 1. The van der Waals surface area contributed by atoms with Crippen LogP contribution in [0.4, 0.5) is 5.69 Å². The summed E-state index contributed by atoms with van der Waals surface area (Å²) in [6.45, 7) is 0.665. The largest absolute Gasteiger partial charge is 0.368 e. The zero-order valence-corrected chi connectivity index (χ0v) is 8.15. The molecule has 0 N–H and O–H groups in total. The Labute approximate surface area is 82.8 Å². The third-order valence-corrected chi connectivity index (χ3v) is 2.54. The van der Waals surface area contributed by atoms with Crippen molar-refractivity contribution in [3.8, 4) is 0 Å². The van der Waals surface area contributed by atoms with E-state index in [1.807, 2.05) is 6.07 Å². The van der Waals surface area contributed by atoms with Gasteiger partial charge >= 0.3 is 0 Å². The minimum atomic E-state index is -0.407. The summed E-state index contributed by atoms with van der Waals surface area (Å²) in [7, 11) is 0. The maximum absolute atomic E-state index is 10.6. The van der Waals surface area contributed by atoms with Gasteiger partial charge < -0.3 is 4.74 Å². The van der Waals surface area contributed by atoms with Crippen molar-refractivity contribution in [2.24, 2.45) is 0 Å². The van der Waals surface area contributed by atoms with Crippen LogP contribution in [-0.2, 0) is 4.74 Å². The van der Waals surface area contributed by atoms with Gasteiger partial charge in [-0.1, -0.05) is 6.07 Å². The third kappa shape index (κ3) is 1.71. The van der Waals surface area contributed by atoms with Gasteiger partial charge in [0.2, 0.25) is 0 Å². The fourth-order valence-corrected chi connectivity index (χ4v) is 1.50. The van der Waals surface area contributed by atoms with E-state index in [1.165, 1.54) is 0 Å². The molecule has 1 aliphatic heterocycles. The van der Waals surface area contributed by atoms with Crippen LogP contribution in [0.5, 0.6) is 0 Å². The molecular weight excluding hydrogens is 238 g/mol. The van der Waals surface area contributed by atoms with E-state index in [9.17, 15) is 10.1 Å². The highest BCUT2D eigenvalue weighted by atomic mass is 79.9. The molecule has 1 fully saturated rings. The van der Waals surface area contributed by atoms with Crippen LogP contribution in [0.25, 0.3) is 0 Å². The molecule has 1 saturated heterocycles. The van der Waals surface area contributed by atoms with Gasteiger partial charge in [-0.2, -0.15) is 0 Å². The SMILES string of the molecule is O=[N+]([O-])c1cc(C2CO2)ccc1Br. The highest BCUT2D eigenvalue weighted by molar-refractivity contribution is 9.10. The highest BCUT2D eigenvalue weighted by Crippen LogP contribution is 2.34. The Morgan fingerprint density at radius 2 is 2.31 bits per heavy atom. The number of nitro groups is 1. The number of ether oxygens (including phenoxy) is 1. The Bertz CT molecular complexity index is 362. The van der Waals surface area contributed by atoms with Crippen LogP contribution in [0.2, 0.25) is 0 Å². The van der Waals surface area contributed by atoms with Crippen molar-refractivity contribution in [1.82, 2.24) is 0 Å². The summed E-state index contributed by atoms with van der Waals surface area (Å²) < 4.78 is 5.53. The molecule has 68 valence electrons. The first-order valence-electron chi connectivity index (χ1n) is 3.74. The molecule has 1 atom stereocenters. The number of nitrogens with zero attached hydrogens (tertiary/aromatic N) is 1. The Morgan fingerprint density at radius 3 is 2.85 bits per heavy atom. The first-order valence-corrected chi connectivity index (χ1v) is 4.53. The Balaban J connectivity index is 2.41. The van der Waals surface area contributed by atoms with Gasteiger partial charge in [-0.05, 0) is 27.6 Å². The van der Waals surface area contributed by atoms with Gasteiger partial charge in [0.1, 0.15) is 6.10 Å². The lowest BCUT2D eigenvalue weighted by Gasteiger charge is -1.97. The maximum atomic E-state index is 10.6. The lowest BCUT2D eigenvalue weighted by atomic mass is 10.1. The number of nitro benzene ring substituents is 1. The Hall–Kier alpha value is -0.940. The van der Waals surface area contributed by atoms with Crippen molar-refractivity contribution in [3.63, 3.8) is 0 Å². The van der Waals surface area contributed by atoms with E-state index < -0.39 is 4.92 Å². The Kier molecular flexibility index (Phi) is 2.05. The summed E-state index contributed by atoms with van der Waals surface area (Å²) >= 11 is 3.12. The first kappa shape index (κ1) is 8.65. The van der Waals surface area contributed by atoms with Crippen molar-refractivity contribution >= 4 is 21.6 Å². The van der Waals surface area contributed by atoms with Gasteiger partial charge in [-0.25, -0.2) is 0 Å². The van der Waals surface area contributed by atoms with Gasteiger partial charge in [-0.15, -0.1) is 0 Å². The molecule has 5 heteroatoms. The summed E-state index contributed by atoms with van der Waals surface area (Å²) in [5.74, 6) is 0. The highest BCUT2D eigenvalue weighted by Gasteiger charge is 2.27. The normalized spacial score (nSPS) is 19.9. The van der Waals surface area contributed by atoms with Crippen molar-refractivity contribution in [2.75, 3.05) is 6.61 Å². The van der Waals surface area contributed by atoms with Gasteiger partial charge in [0, 0.05) is 6.07 Å². The standard InChI is InChI=1S/C8H6BrNO3/c9-6-2-1-5(8-4-13-8)3-7(6)10(11)12/h1-3,8H,4H2. The minimum Gasteiger partial charge on any atom is -0.368 e. The molecule has 1 heterocycles. The van der Waals surface area contributed by atoms with Gasteiger partial charge in [0.15, 0.2) is 0 Å². The molecule has 0 aromatic heterocycles. The number of hydrogen-bond donors (Lipinski definition) is 0. The van der Waals surface area contributed by atoms with Crippen LogP contribution in [0, 0.1) is 10.1 Å². The van der Waals surface area contributed by atoms with Crippen molar-refractivity contribution in [3.05, 3.63) is 38.3 Å². The van der Waals surface area contributed by atoms with Crippen molar-refractivity contribution in [1.29, 1.82) is 0 Å². The molecule has 0 saturated carbocycles. The van der Waals surface area contributed by atoms with Gasteiger partial charge in [0.05, 0.1) is 16.0 Å². The van der Waals surface area contributed by atoms with Crippen LogP contribution < -0.4 is 0 Å². The summed E-state index contributed by atoms with van der Waals surface area (Å²) in [5.41, 5.74) is 0.961. The molecule has 1 aromatic rings. The smallest absolute Gasteiger partial charge is 0.283 e. The summed E-state index contributed by atoms with van der Waals surface area (Å²) in [5, 5.41) is 10.6. The first-order chi connectivity index (χ1) is 6.18. The van der Waals surface area contributed by atoms with E-state index in [-0.39, 0.29) is 11.8 Å². The van der Waals surface area contributed by atoms with Crippen LogP contribution in [-0.4, -0.2) is 11.5 Å². The third-order valence-electron chi connectivity index (χ3n) is 1.87. The quantitative estimate of drug-likeness (QED) is 0.456. The zero-order chi connectivity index (χ0) is 9.42. The topological polar surface area (TPSA) is 55.7 Å². The predicted molar refractivity (Wildman–Crippen MR) is 49.5 cm³/mol. The molecule has 1 aliphatic rings. The molecular formula is C8H6BrNO3. The monoisotopic (exact) mass is 243 g/mol. The number of epoxide rings is 1. The fourth-order valence-electron chi connectivity index (χ4n) is 1.11. The molecule has 0 bridgehead atoms. The second-order valence-electron chi connectivity index (χ2n) is 2.79. The van der Waals surface area contributed by atoms with Gasteiger partial charge in [-0.3, -0.25) is 10.1 Å². The van der Waals surface area contributed by atoms with E-state index >= 15 is 0 Å². The molecule has 0 radical (unpaired) electrons. The summed E-state index contributed by atoms with van der Waals surface area (Å²) in [6, 6.07) is 5.05. The van der Waals surface area contributed by atoms with E-state index in [0.29, 0.717) is 11.1 Å². The fraction of sp³-hybridized carbons (Fsp3) is 0.250. The van der Waals surface area contributed by atoms with Crippen LogP contribution in [0.15, 0.2) is 22.7 Å². The summed E-state index contributed by atoms with van der Waals surface area (Å²) in [4.78, 5) is 10.1. The number of rotatable bonds is 2. The number of hydrogen-bond acceptors (Lipinski definition) is 3. The van der Waals surface area contributed by atoms with Gasteiger partial charge in [0.25, 0.3) is 5.69 Å². The lowest BCUT2D eigenvalue weighted by Crippen LogP contribution is -1.91.